The van der Waals surface area contributed by atoms with Crippen molar-refractivity contribution in [2.24, 2.45) is 0 Å². The molecule has 0 fully saturated rings. The van der Waals surface area contributed by atoms with Gasteiger partial charge in [0, 0.05) is 0 Å². The van der Waals surface area contributed by atoms with Crippen LogP contribution in [0.15, 0.2) is 48.5 Å². The first kappa shape index (κ1) is 10.6. The van der Waals surface area contributed by atoms with E-state index >= 15 is 0 Å². The second-order valence-corrected chi connectivity index (χ2v) is 3.72. The van der Waals surface area contributed by atoms with Crippen LogP contribution in [0.3, 0.4) is 0 Å². The Balaban J connectivity index is 2.03. The minimum absolute atomic E-state index is 0.314. The zero-order chi connectivity index (χ0) is 11.4. The van der Waals surface area contributed by atoms with Crippen molar-refractivity contribution in [1.82, 2.24) is 0 Å². The van der Waals surface area contributed by atoms with Crippen molar-refractivity contribution in [1.29, 1.82) is 0 Å². The number of benzene rings is 2. The molecule has 0 radical (unpaired) electrons. The Labute approximate surface area is 95.1 Å². The number of para-hydroxylation sites is 1. The highest BCUT2D eigenvalue weighted by molar-refractivity contribution is 5.35. The summed E-state index contributed by atoms with van der Waals surface area (Å²) < 4.78 is 5.58. The molecule has 0 atom stereocenters. The van der Waals surface area contributed by atoms with E-state index in [9.17, 15) is 5.11 Å². The van der Waals surface area contributed by atoms with Crippen LogP contribution in [-0.2, 0) is 6.61 Å². The van der Waals surface area contributed by atoms with Crippen molar-refractivity contribution in [3.05, 3.63) is 59.7 Å². The second-order valence-electron chi connectivity index (χ2n) is 3.72. The predicted molar refractivity (Wildman–Crippen MR) is 63.6 cm³/mol. The van der Waals surface area contributed by atoms with Crippen LogP contribution in [0.5, 0.6) is 11.5 Å². The number of aryl methyl sites for hydroxylation is 1. The van der Waals surface area contributed by atoms with Gasteiger partial charge in [-0.15, -0.1) is 0 Å². The number of aromatic hydroxyl groups is 1. The molecule has 0 unspecified atom stereocenters. The van der Waals surface area contributed by atoms with Crippen molar-refractivity contribution in [3.63, 3.8) is 0 Å². The summed E-state index contributed by atoms with van der Waals surface area (Å²) in [4.78, 5) is 0. The molecule has 0 heterocycles. The summed E-state index contributed by atoms with van der Waals surface area (Å²) >= 11 is 0. The maximum Gasteiger partial charge on any atom is 0.119 e. The molecule has 0 aliphatic heterocycles. The fourth-order valence-electron chi connectivity index (χ4n) is 1.43. The first-order chi connectivity index (χ1) is 7.75. The van der Waals surface area contributed by atoms with Gasteiger partial charge in [0.2, 0.25) is 0 Å². The molecule has 16 heavy (non-hydrogen) atoms. The number of hydrogen-bond acceptors (Lipinski definition) is 2. The molecule has 0 aliphatic rings. The molecule has 0 bridgehead atoms. The first-order valence-corrected chi connectivity index (χ1v) is 5.22. The highest BCUT2D eigenvalue weighted by Crippen LogP contribution is 2.19. The van der Waals surface area contributed by atoms with Crippen molar-refractivity contribution in [3.8, 4) is 11.5 Å². The predicted octanol–water partition coefficient (Wildman–Crippen LogP) is 3.28. The summed E-state index contributed by atoms with van der Waals surface area (Å²) in [5, 5.41) is 9.54. The molecular weight excluding hydrogens is 200 g/mol. The third-order valence-corrected chi connectivity index (χ3v) is 2.42. The maximum absolute atomic E-state index is 9.54. The van der Waals surface area contributed by atoms with Crippen LogP contribution in [0.25, 0.3) is 0 Å². The average Bonchev–Trinajstić information content (AvgIpc) is 2.32. The van der Waals surface area contributed by atoms with E-state index in [1.54, 1.807) is 6.07 Å². The summed E-state index contributed by atoms with van der Waals surface area (Å²) in [6.45, 7) is 2.34. The number of phenols is 1. The maximum atomic E-state index is 9.54. The van der Waals surface area contributed by atoms with Gasteiger partial charge in [0.15, 0.2) is 0 Å². The minimum Gasteiger partial charge on any atom is -0.508 e. The van der Waals surface area contributed by atoms with Crippen LogP contribution < -0.4 is 4.74 Å². The van der Waals surface area contributed by atoms with E-state index in [1.165, 1.54) is 0 Å². The zero-order valence-corrected chi connectivity index (χ0v) is 9.18. The van der Waals surface area contributed by atoms with Crippen molar-refractivity contribution >= 4 is 0 Å². The van der Waals surface area contributed by atoms with Crippen LogP contribution in [-0.4, -0.2) is 5.11 Å². The van der Waals surface area contributed by atoms with Gasteiger partial charge in [-0.25, -0.2) is 0 Å². The summed E-state index contributed by atoms with van der Waals surface area (Å²) in [6, 6.07) is 15.2. The Kier molecular flexibility index (Phi) is 3.10. The Morgan fingerprint density at radius 3 is 2.50 bits per heavy atom. The van der Waals surface area contributed by atoms with Gasteiger partial charge in [0.05, 0.1) is 0 Å². The monoisotopic (exact) mass is 214 g/mol. The van der Waals surface area contributed by atoms with Gasteiger partial charge in [-0.2, -0.15) is 0 Å². The first-order valence-electron chi connectivity index (χ1n) is 5.22. The van der Waals surface area contributed by atoms with Crippen LogP contribution in [0.2, 0.25) is 0 Å². The fraction of sp³-hybridized carbons (Fsp3) is 0.143. The molecular formula is C14H14O2. The van der Waals surface area contributed by atoms with E-state index in [1.807, 2.05) is 49.4 Å². The number of hydrogen-bond donors (Lipinski definition) is 1. The Morgan fingerprint density at radius 1 is 1.06 bits per heavy atom. The van der Waals surface area contributed by atoms with Crippen molar-refractivity contribution < 1.29 is 9.84 Å². The van der Waals surface area contributed by atoms with E-state index in [2.05, 4.69) is 0 Å². The largest absolute Gasteiger partial charge is 0.508 e. The summed E-state index contributed by atoms with van der Waals surface area (Å²) in [5.41, 5.74) is 1.84. The molecule has 82 valence electrons. The van der Waals surface area contributed by atoms with E-state index in [4.69, 9.17) is 4.74 Å². The normalized spacial score (nSPS) is 10.1. The van der Waals surface area contributed by atoms with E-state index in [0.29, 0.717) is 12.4 Å². The zero-order valence-electron chi connectivity index (χ0n) is 9.18. The van der Waals surface area contributed by atoms with Gasteiger partial charge >= 0.3 is 0 Å². The molecule has 2 aromatic carbocycles. The van der Waals surface area contributed by atoms with Gasteiger partial charge in [-0.05, 0) is 36.2 Å². The smallest absolute Gasteiger partial charge is 0.119 e. The molecule has 0 amide bonds. The van der Waals surface area contributed by atoms with E-state index in [-0.39, 0.29) is 0 Å². The fourth-order valence-corrected chi connectivity index (χ4v) is 1.43. The summed E-state index contributed by atoms with van der Waals surface area (Å²) in [6.07, 6.45) is 0. The molecule has 1 N–H and O–H groups in total. The van der Waals surface area contributed by atoms with Gasteiger partial charge in [-0.3, -0.25) is 0 Å². The van der Waals surface area contributed by atoms with Crippen molar-refractivity contribution in [2.75, 3.05) is 0 Å². The van der Waals surface area contributed by atoms with E-state index in [0.717, 1.165) is 16.9 Å². The van der Waals surface area contributed by atoms with Gasteiger partial charge in [0.1, 0.15) is 18.1 Å². The molecule has 2 heteroatoms. The van der Waals surface area contributed by atoms with Crippen LogP contribution in [0.1, 0.15) is 11.1 Å². The molecule has 0 aliphatic carbocycles. The third kappa shape index (κ3) is 2.54. The summed E-state index contributed by atoms with van der Waals surface area (Å²) in [5.74, 6) is 1.15. The molecule has 2 rings (SSSR count). The SMILES string of the molecule is Cc1ccc(COc2ccccc2)cc1O. The standard InChI is InChI=1S/C14H14O2/c1-11-7-8-12(9-14(11)15)10-16-13-5-3-2-4-6-13/h2-9,15H,10H2,1H3. The lowest BCUT2D eigenvalue weighted by Crippen LogP contribution is -1.95. The van der Waals surface area contributed by atoms with Crippen LogP contribution in [0, 0.1) is 6.92 Å². The quantitative estimate of drug-likeness (QED) is 0.849. The van der Waals surface area contributed by atoms with Gasteiger partial charge in [-0.1, -0.05) is 30.3 Å². The minimum atomic E-state index is 0.314. The number of rotatable bonds is 3. The molecule has 2 aromatic rings. The lowest BCUT2D eigenvalue weighted by atomic mass is 10.1. The lowest BCUT2D eigenvalue weighted by Gasteiger charge is -2.07. The Bertz CT molecular complexity index is 463. The molecule has 0 saturated heterocycles. The van der Waals surface area contributed by atoms with Gasteiger partial charge in [0.25, 0.3) is 0 Å². The third-order valence-electron chi connectivity index (χ3n) is 2.42. The average molecular weight is 214 g/mol. The Hall–Kier alpha value is -1.96. The molecule has 2 nitrogen and oxygen atoms in total. The lowest BCUT2D eigenvalue weighted by molar-refractivity contribution is 0.305. The number of phenolic OH excluding ortho intramolecular Hbond substituents is 1. The highest BCUT2D eigenvalue weighted by Gasteiger charge is 1.99. The van der Waals surface area contributed by atoms with Gasteiger partial charge < -0.3 is 9.84 Å². The molecule has 0 aromatic heterocycles. The van der Waals surface area contributed by atoms with E-state index < -0.39 is 0 Å². The topological polar surface area (TPSA) is 29.5 Å². The summed E-state index contributed by atoms with van der Waals surface area (Å²) in [7, 11) is 0. The number of ether oxygens (including phenoxy) is 1. The Morgan fingerprint density at radius 2 is 1.81 bits per heavy atom. The van der Waals surface area contributed by atoms with Crippen LogP contribution >= 0.6 is 0 Å². The molecule has 0 saturated carbocycles. The highest BCUT2D eigenvalue weighted by atomic mass is 16.5. The second kappa shape index (κ2) is 4.71. The molecule has 0 spiro atoms. The van der Waals surface area contributed by atoms with Crippen molar-refractivity contribution in [2.45, 2.75) is 13.5 Å². The van der Waals surface area contributed by atoms with Crippen LogP contribution in [0.4, 0.5) is 0 Å².